The van der Waals surface area contributed by atoms with E-state index in [2.05, 4.69) is 62.5 Å². The number of esters is 1. The molecule has 3 unspecified atom stereocenters. The van der Waals surface area contributed by atoms with Crippen molar-refractivity contribution in [3.63, 3.8) is 0 Å². The van der Waals surface area contributed by atoms with Crippen molar-refractivity contribution in [2.75, 3.05) is 40.9 Å². The van der Waals surface area contributed by atoms with Gasteiger partial charge < -0.3 is 28.5 Å². The zero-order valence-corrected chi connectivity index (χ0v) is 49.7. The van der Waals surface area contributed by atoms with Gasteiger partial charge >= 0.3 is 5.97 Å². The van der Waals surface area contributed by atoms with Crippen molar-refractivity contribution >= 4 is 19.7 Å². The number of carbonyl (C=O) groups excluding carboxylic acids is 2. The van der Waals surface area contributed by atoms with E-state index in [-0.39, 0.29) is 24.9 Å². The van der Waals surface area contributed by atoms with E-state index in [1.807, 2.05) is 33.3 Å². The molecule has 0 aromatic carbocycles. The predicted octanol–water partition coefficient (Wildman–Crippen LogP) is 18.3. The molecule has 0 aromatic rings. The highest BCUT2D eigenvalue weighted by molar-refractivity contribution is 7.45. The van der Waals surface area contributed by atoms with Gasteiger partial charge in [-0.15, -0.1) is 0 Å². The number of likely N-dealkylation sites (N-methyl/N-ethyl adjacent to an activating group) is 1. The minimum absolute atomic E-state index is 0.0248. The molecule has 0 aliphatic carbocycles. The average Bonchev–Trinajstić information content (AvgIpc) is 3.35. The van der Waals surface area contributed by atoms with Gasteiger partial charge in [0.2, 0.25) is 5.91 Å². The number of ether oxygens (including phenoxy) is 1. The van der Waals surface area contributed by atoms with Crippen molar-refractivity contribution in [1.29, 1.82) is 0 Å². The highest BCUT2D eigenvalue weighted by Crippen LogP contribution is 2.38. The molecule has 428 valence electrons. The lowest BCUT2D eigenvalue weighted by atomic mass is 10.0. The molecular formula is C63H119N2O7P. The second-order valence-corrected chi connectivity index (χ2v) is 23.7. The fourth-order valence-corrected chi connectivity index (χ4v) is 9.78. The summed E-state index contributed by atoms with van der Waals surface area (Å²) < 4.78 is 30.3. The van der Waals surface area contributed by atoms with E-state index >= 15 is 0 Å². The summed E-state index contributed by atoms with van der Waals surface area (Å²) in [5.74, 6) is -0.554. The number of hydrogen-bond acceptors (Lipinski definition) is 7. The smallest absolute Gasteiger partial charge is 0.306 e. The molecule has 0 fully saturated rings. The van der Waals surface area contributed by atoms with Gasteiger partial charge in [-0.1, -0.05) is 275 Å². The van der Waals surface area contributed by atoms with E-state index in [0.29, 0.717) is 23.9 Å². The number of phosphoric ester groups is 1. The van der Waals surface area contributed by atoms with E-state index < -0.39 is 26.6 Å². The molecule has 0 bridgehead atoms. The summed E-state index contributed by atoms with van der Waals surface area (Å²) in [5.41, 5.74) is 0. The van der Waals surface area contributed by atoms with Gasteiger partial charge in [-0.2, -0.15) is 0 Å². The van der Waals surface area contributed by atoms with Crippen LogP contribution in [0.3, 0.4) is 0 Å². The van der Waals surface area contributed by atoms with Gasteiger partial charge in [0, 0.05) is 12.8 Å². The second kappa shape index (κ2) is 53.4. The molecule has 0 aliphatic heterocycles. The first-order chi connectivity index (χ1) is 35.4. The summed E-state index contributed by atoms with van der Waals surface area (Å²) in [6.07, 6.45) is 65.1. The first-order valence-electron chi connectivity index (χ1n) is 31.0. The van der Waals surface area contributed by atoms with Crippen LogP contribution in [0.15, 0.2) is 48.6 Å². The molecule has 0 saturated carbocycles. The molecule has 10 heteroatoms. The number of nitrogens with zero attached hydrogens (tertiary/aromatic N) is 1. The highest BCUT2D eigenvalue weighted by Gasteiger charge is 2.27. The van der Waals surface area contributed by atoms with E-state index in [9.17, 15) is 19.0 Å². The SMILES string of the molecule is CC/C=C/C=C/C=C\CCCCCCCC(=O)OC(/C=C/CCCCCCCCCCCCC)C(COP(=O)([O-])OCC[N+](C)(C)C)NC(=O)CCCCCCCCCCCCCCCCCCCCCCC. The Morgan fingerprint density at radius 3 is 1.30 bits per heavy atom. The largest absolute Gasteiger partial charge is 0.756 e. The second-order valence-electron chi connectivity index (χ2n) is 22.2. The van der Waals surface area contributed by atoms with E-state index in [4.69, 9.17) is 13.8 Å². The molecule has 73 heavy (non-hydrogen) atoms. The van der Waals surface area contributed by atoms with Crippen LogP contribution in [-0.2, 0) is 27.9 Å². The molecule has 0 heterocycles. The van der Waals surface area contributed by atoms with Gasteiger partial charge in [0.15, 0.2) is 0 Å². The Morgan fingerprint density at radius 2 is 0.877 bits per heavy atom. The van der Waals surface area contributed by atoms with Crippen LogP contribution in [0.2, 0.25) is 0 Å². The molecule has 0 rings (SSSR count). The first-order valence-corrected chi connectivity index (χ1v) is 32.4. The Morgan fingerprint density at radius 1 is 0.493 bits per heavy atom. The van der Waals surface area contributed by atoms with Crippen LogP contribution in [-0.4, -0.2) is 69.4 Å². The third-order valence-corrected chi connectivity index (χ3v) is 14.8. The summed E-state index contributed by atoms with van der Waals surface area (Å²) in [4.78, 5) is 39.9. The van der Waals surface area contributed by atoms with Crippen molar-refractivity contribution < 1.29 is 37.3 Å². The monoisotopic (exact) mass is 1050 g/mol. The normalized spacial score (nSPS) is 14.0. The lowest BCUT2D eigenvalue weighted by Crippen LogP contribution is -2.47. The fourth-order valence-electron chi connectivity index (χ4n) is 9.05. The minimum atomic E-state index is -4.70. The first kappa shape index (κ1) is 71.0. The van der Waals surface area contributed by atoms with Crippen molar-refractivity contribution in [2.45, 2.75) is 303 Å². The number of rotatable bonds is 56. The van der Waals surface area contributed by atoms with Crippen molar-refractivity contribution in [1.82, 2.24) is 5.32 Å². The number of phosphoric acid groups is 1. The van der Waals surface area contributed by atoms with Crippen LogP contribution in [0.25, 0.3) is 0 Å². The van der Waals surface area contributed by atoms with Crippen molar-refractivity contribution in [3.8, 4) is 0 Å². The Labute approximate surface area is 452 Å². The van der Waals surface area contributed by atoms with Gasteiger partial charge in [0.05, 0.1) is 33.8 Å². The Bertz CT molecular complexity index is 1390. The molecule has 0 radical (unpaired) electrons. The number of hydrogen-bond donors (Lipinski definition) is 1. The fraction of sp³-hybridized carbons (Fsp3) is 0.841. The van der Waals surface area contributed by atoms with Crippen molar-refractivity contribution in [3.05, 3.63) is 48.6 Å². The number of carbonyl (C=O) groups is 2. The van der Waals surface area contributed by atoms with Crippen LogP contribution in [0.1, 0.15) is 290 Å². The van der Waals surface area contributed by atoms with Gasteiger partial charge in [-0.3, -0.25) is 14.2 Å². The molecule has 3 atom stereocenters. The lowest BCUT2D eigenvalue weighted by molar-refractivity contribution is -0.870. The van der Waals surface area contributed by atoms with E-state index in [1.54, 1.807) is 0 Å². The quantitative estimate of drug-likeness (QED) is 0.0161. The molecular weight excluding hydrogens is 928 g/mol. The van der Waals surface area contributed by atoms with Crippen LogP contribution in [0, 0.1) is 0 Å². The lowest BCUT2D eigenvalue weighted by Gasteiger charge is -2.30. The van der Waals surface area contributed by atoms with E-state index in [0.717, 1.165) is 77.0 Å². The zero-order valence-electron chi connectivity index (χ0n) is 48.8. The maximum absolute atomic E-state index is 13.5. The van der Waals surface area contributed by atoms with Crippen molar-refractivity contribution in [2.24, 2.45) is 0 Å². The molecule has 9 nitrogen and oxygen atoms in total. The minimum Gasteiger partial charge on any atom is -0.756 e. The number of amides is 1. The molecule has 0 saturated heterocycles. The summed E-state index contributed by atoms with van der Waals surface area (Å²) in [5, 5.41) is 3.03. The van der Waals surface area contributed by atoms with Crippen LogP contribution < -0.4 is 10.2 Å². The highest BCUT2D eigenvalue weighted by atomic mass is 31.2. The van der Waals surface area contributed by atoms with Gasteiger partial charge in [0.1, 0.15) is 19.3 Å². The van der Waals surface area contributed by atoms with Crippen LogP contribution in [0.4, 0.5) is 0 Å². The Kier molecular flexibility index (Phi) is 51.9. The standard InChI is InChI=1S/C63H119N2O7P/c1-7-10-13-16-19-22-25-28-29-30-31-32-33-34-35-38-40-43-46-49-52-55-62(66)64-60(59-71-73(68,69)70-58-57-65(4,5)6)61(54-51-48-45-42-39-36-26-23-20-17-14-11-8-2)72-63(67)56-53-50-47-44-41-37-27-24-21-18-15-12-9-3/h12,15,18,21,24,27,51,54,60-61H,7-11,13-14,16-17,19-20,22-23,25-26,28-50,52-53,55-59H2,1-6H3,(H-,64,66,68,69)/b15-12+,21-18+,27-24-,54-51+. The third-order valence-electron chi connectivity index (χ3n) is 13.8. The topological polar surface area (TPSA) is 114 Å². The van der Waals surface area contributed by atoms with Gasteiger partial charge in [-0.05, 0) is 51.0 Å². The number of quaternary nitrogens is 1. The molecule has 0 aromatic heterocycles. The van der Waals surface area contributed by atoms with Gasteiger partial charge in [0.25, 0.3) is 7.82 Å². The average molecular weight is 1050 g/mol. The summed E-state index contributed by atoms with van der Waals surface area (Å²) in [6.45, 7) is 6.73. The summed E-state index contributed by atoms with van der Waals surface area (Å²) in [6, 6.07) is -0.894. The molecule has 0 aliphatic rings. The van der Waals surface area contributed by atoms with Crippen LogP contribution >= 0.6 is 7.82 Å². The number of nitrogens with one attached hydrogen (secondary N) is 1. The summed E-state index contributed by atoms with van der Waals surface area (Å²) in [7, 11) is 1.18. The van der Waals surface area contributed by atoms with Crippen LogP contribution in [0.5, 0.6) is 0 Å². The molecule has 1 amide bonds. The van der Waals surface area contributed by atoms with E-state index in [1.165, 1.54) is 173 Å². The maximum Gasteiger partial charge on any atom is 0.306 e. The maximum atomic E-state index is 13.5. The Balaban J connectivity index is 5.21. The molecule has 0 spiro atoms. The third kappa shape index (κ3) is 54.6. The number of unbranched alkanes of at least 4 members (excludes halogenated alkanes) is 36. The zero-order chi connectivity index (χ0) is 53.6. The molecule has 1 N–H and O–H groups in total. The summed E-state index contributed by atoms with van der Waals surface area (Å²) >= 11 is 0. The predicted molar refractivity (Wildman–Crippen MR) is 312 cm³/mol. The Hall–Kier alpha value is -2.03. The number of allylic oxidation sites excluding steroid dienone is 7. The van der Waals surface area contributed by atoms with Gasteiger partial charge in [-0.25, -0.2) is 0 Å².